The Balaban J connectivity index is 2.77. The van der Waals surface area contributed by atoms with E-state index in [-0.39, 0.29) is 13.2 Å². The van der Waals surface area contributed by atoms with Crippen LogP contribution in [0.5, 0.6) is 0 Å². The molecule has 0 aliphatic rings. The molecule has 0 bridgehead atoms. The summed E-state index contributed by atoms with van der Waals surface area (Å²) in [5, 5.41) is 6.26. The normalized spacial score (nSPS) is 11.8. The molecule has 0 saturated heterocycles. The van der Waals surface area contributed by atoms with E-state index in [2.05, 4.69) is 10.4 Å². The first-order valence-electron chi connectivity index (χ1n) is 6.64. The first-order chi connectivity index (χ1) is 10.0. The van der Waals surface area contributed by atoms with Crippen molar-refractivity contribution >= 4 is 17.8 Å². The molecular formula is C13H19N3O5. The van der Waals surface area contributed by atoms with Crippen LogP contribution in [0.1, 0.15) is 26.8 Å². The summed E-state index contributed by atoms with van der Waals surface area (Å²) >= 11 is 0. The zero-order chi connectivity index (χ0) is 15.8. The molecule has 21 heavy (non-hydrogen) atoms. The number of rotatable bonds is 7. The van der Waals surface area contributed by atoms with Crippen molar-refractivity contribution in [2.45, 2.75) is 32.9 Å². The van der Waals surface area contributed by atoms with Crippen LogP contribution in [-0.2, 0) is 23.9 Å². The molecule has 1 aromatic heterocycles. The summed E-state index contributed by atoms with van der Waals surface area (Å²) in [5.41, 5.74) is 0. The van der Waals surface area contributed by atoms with Gasteiger partial charge in [0.2, 0.25) is 11.9 Å². The third kappa shape index (κ3) is 4.59. The molecule has 0 radical (unpaired) electrons. The average Bonchev–Trinajstić information content (AvgIpc) is 2.98. The second-order valence-corrected chi connectivity index (χ2v) is 4.11. The summed E-state index contributed by atoms with van der Waals surface area (Å²) in [6.07, 6.45) is 3.13. The average molecular weight is 297 g/mol. The lowest BCUT2D eigenvalue weighted by Crippen LogP contribution is -2.50. The minimum absolute atomic E-state index is 0.0965. The van der Waals surface area contributed by atoms with E-state index >= 15 is 0 Å². The molecule has 8 heteroatoms. The van der Waals surface area contributed by atoms with Gasteiger partial charge in [-0.15, -0.1) is 0 Å². The van der Waals surface area contributed by atoms with Crippen LogP contribution < -0.4 is 5.32 Å². The van der Waals surface area contributed by atoms with E-state index in [1.54, 1.807) is 33.0 Å². The lowest BCUT2D eigenvalue weighted by Gasteiger charge is -2.18. The summed E-state index contributed by atoms with van der Waals surface area (Å²) < 4.78 is 10.9. The molecule has 0 fully saturated rings. The van der Waals surface area contributed by atoms with E-state index in [0.29, 0.717) is 0 Å². The van der Waals surface area contributed by atoms with Crippen molar-refractivity contribution in [1.82, 2.24) is 15.1 Å². The SMILES string of the molecule is CCOC(=O)C(NC(=O)C(C)n1cccn1)C(=O)OCC. The zero-order valence-electron chi connectivity index (χ0n) is 12.2. The van der Waals surface area contributed by atoms with Crippen molar-refractivity contribution in [3.63, 3.8) is 0 Å². The number of aromatic nitrogens is 2. The smallest absolute Gasteiger partial charge is 0.340 e. The number of nitrogens with zero attached hydrogens (tertiary/aromatic N) is 2. The minimum Gasteiger partial charge on any atom is -0.464 e. The van der Waals surface area contributed by atoms with Crippen LogP contribution in [0.25, 0.3) is 0 Å². The lowest BCUT2D eigenvalue weighted by molar-refractivity contribution is -0.159. The number of amides is 1. The van der Waals surface area contributed by atoms with Crippen molar-refractivity contribution < 1.29 is 23.9 Å². The monoisotopic (exact) mass is 297 g/mol. The second-order valence-electron chi connectivity index (χ2n) is 4.11. The molecule has 8 nitrogen and oxygen atoms in total. The van der Waals surface area contributed by atoms with Gasteiger partial charge in [0.1, 0.15) is 6.04 Å². The molecule has 1 heterocycles. The Morgan fingerprint density at radius 3 is 2.19 bits per heavy atom. The van der Waals surface area contributed by atoms with E-state index in [0.717, 1.165) is 0 Å². The van der Waals surface area contributed by atoms with Crippen molar-refractivity contribution in [2.75, 3.05) is 13.2 Å². The van der Waals surface area contributed by atoms with Gasteiger partial charge in [0.15, 0.2) is 0 Å². The maximum absolute atomic E-state index is 12.1. The maximum Gasteiger partial charge on any atom is 0.340 e. The highest BCUT2D eigenvalue weighted by molar-refractivity contribution is 6.02. The summed E-state index contributed by atoms with van der Waals surface area (Å²) in [6.45, 7) is 5.00. The van der Waals surface area contributed by atoms with Crippen LogP contribution in [-0.4, -0.2) is 46.9 Å². The topological polar surface area (TPSA) is 99.5 Å². The van der Waals surface area contributed by atoms with Gasteiger partial charge in [0, 0.05) is 12.4 Å². The van der Waals surface area contributed by atoms with Gasteiger partial charge < -0.3 is 14.8 Å². The minimum atomic E-state index is -1.48. The molecule has 0 aliphatic heterocycles. The molecule has 1 aromatic rings. The van der Waals surface area contributed by atoms with Crippen LogP contribution >= 0.6 is 0 Å². The molecule has 0 saturated carbocycles. The molecule has 1 atom stereocenters. The maximum atomic E-state index is 12.1. The van der Waals surface area contributed by atoms with E-state index in [1.165, 1.54) is 10.9 Å². The molecular weight excluding hydrogens is 278 g/mol. The fourth-order valence-corrected chi connectivity index (χ4v) is 1.56. The fraction of sp³-hybridized carbons (Fsp3) is 0.538. The van der Waals surface area contributed by atoms with Crippen molar-refractivity contribution in [1.29, 1.82) is 0 Å². The highest BCUT2D eigenvalue weighted by atomic mass is 16.6. The quantitative estimate of drug-likeness (QED) is 0.564. The van der Waals surface area contributed by atoms with Gasteiger partial charge in [-0.25, -0.2) is 9.59 Å². The molecule has 1 rings (SSSR count). The van der Waals surface area contributed by atoms with Gasteiger partial charge in [-0.3, -0.25) is 9.48 Å². The summed E-state index contributed by atoms with van der Waals surface area (Å²) in [4.78, 5) is 35.6. The van der Waals surface area contributed by atoms with Gasteiger partial charge >= 0.3 is 11.9 Å². The van der Waals surface area contributed by atoms with Gasteiger partial charge in [0.05, 0.1) is 13.2 Å². The standard InChI is InChI=1S/C13H19N3O5/c1-4-20-12(18)10(13(19)21-5-2)15-11(17)9(3)16-8-6-7-14-16/h6-10H,4-5H2,1-3H3,(H,15,17). The third-order valence-electron chi connectivity index (χ3n) is 2.63. The highest BCUT2D eigenvalue weighted by Gasteiger charge is 2.32. The lowest BCUT2D eigenvalue weighted by atomic mass is 10.2. The van der Waals surface area contributed by atoms with Crippen LogP contribution in [0.3, 0.4) is 0 Å². The zero-order valence-corrected chi connectivity index (χ0v) is 12.2. The number of hydrogen-bond acceptors (Lipinski definition) is 6. The number of ether oxygens (including phenoxy) is 2. The number of carbonyl (C=O) groups excluding carboxylic acids is 3. The van der Waals surface area contributed by atoms with Crippen molar-refractivity contribution in [3.05, 3.63) is 18.5 Å². The van der Waals surface area contributed by atoms with Crippen LogP contribution in [0, 0.1) is 0 Å². The Bertz CT molecular complexity index is 468. The third-order valence-corrected chi connectivity index (χ3v) is 2.63. The Hall–Kier alpha value is -2.38. The molecule has 0 aliphatic carbocycles. The van der Waals surface area contributed by atoms with E-state index in [4.69, 9.17) is 9.47 Å². The largest absolute Gasteiger partial charge is 0.464 e. The summed E-state index contributed by atoms with van der Waals surface area (Å²) in [7, 11) is 0. The van der Waals surface area contributed by atoms with Gasteiger partial charge in [-0.05, 0) is 26.8 Å². The predicted octanol–water partition coefficient (Wildman–Crippen LogP) is 0.0551. The van der Waals surface area contributed by atoms with Crippen LogP contribution in [0.2, 0.25) is 0 Å². The number of carbonyl (C=O) groups is 3. The highest BCUT2D eigenvalue weighted by Crippen LogP contribution is 2.05. The van der Waals surface area contributed by atoms with Crippen molar-refractivity contribution in [3.8, 4) is 0 Å². The van der Waals surface area contributed by atoms with Gasteiger partial charge in [-0.1, -0.05) is 0 Å². The van der Waals surface area contributed by atoms with Crippen LogP contribution in [0.15, 0.2) is 18.5 Å². The summed E-state index contributed by atoms with van der Waals surface area (Å²) in [6, 6.07) is -0.487. The molecule has 1 N–H and O–H groups in total. The first-order valence-corrected chi connectivity index (χ1v) is 6.64. The fourth-order valence-electron chi connectivity index (χ4n) is 1.56. The van der Waals surface area contributed by atoms with E-state index in [1.807, 2.05) is 0 Å². The Morgan fingerprint density at radius 1 is 1.19 bits per heavy atom. The van der Waals surface area contributed by atoms with Crippen LogP contribution in [0.4, 0.5) is 0 Å². The van der Waals surface area contributed by atoms with E-state index < -0.39 is 29.9 Å². The molecule has 0 spiro atoms. The molecule has 0 aromatic carbocycles. The molecule has 116 valence electrons. The number of hydrogen-bond donors (Lipinski definition) is 1. The van der Waals surface area contributed by atoms with Gasteiger partial charge in [0.25, 0.3) is 0 Å². The first kappa shape index (κ1) is 16.7. The Labute approximate surface area is 122 Å². The Kier molecular flexibility index (Phi) is 6.38. The second kappa shape index (κ2) is 8.03. The molecule has 1 amide bonds. The van der Waals surface area contributed by atoms with E-state index in [9.17, 15) is 14.4 Å². The molecule has 1 unspecified atom stereocenters. The Morgan fingerprint density at radius 2 is 1.76 bits per heavy atom. The van der Waals surface area contributed by atoms with Gasteiger partial charge in [-0.2, -0.15) is 5.10 Å². The van der Waals surface area contributed by atoms with Crippen molar-refractivity contribution in [2.24, 2.45) is 0 Å². The predicted molar refractivity (Wildman–Crippen MR) is 72.1 cm³/mol. The number of nitrogens with one attached hydrogen (secondary N) is 1. The number of esters is 2. The summed E-state index contributed by atoms with van der Waals surface area (Å²) in [5.74, 6) is -2.24.